The maximum absolute atomic E-state index is 5.69. The number of anilines is 3. The summed E-state index contributed by atoms with van der Waals surface area (Å²) in [7, 11) is 0. The summed E-state index contributed by atoms with van der Waals surface area (Å²) in [5, 5.41) is 6.40. The summed E-state index contributed by atoms with van der Waals surface area (Å²) in [5.41, 5.74) is 8.25. The molecule has 106 valence electrons. The molecule has 0 atom stereocenters. The Morgan fingerprint density at radius 3 is 2.15 bits per heavy atom. The zero-order chi connectivity index (χ0) is 14.4. The van der Waals surface area contributed by atoms with Crippen LogP contribution in [0.2, 0.25) is 0 Å². The minimum atomic E-state index is 0.271. The number of nitrogens with two attached hydrogens (primary N) is 1. The van der Waals surface area contributed by atoms with Crippen LogP contribution in [0.25, 0.3) is 0 Å². The quantitative estimate of drug-likeness (QED) is 0.753. The molecule has 4 N–H and O–H groups in total. The molecular formula is C15H21N5. The molecule has 5 nitrogen and oxygen atoms in total. The van der Waals surface area contributed by atoms with Gasteiger partial charge in [0.05, 0.1) is 0 Å². The fourth-order valence-corrected chi connectivity index (χ4v) is 1.91. The molecule has 0 unspecified atom stereocenters. The van der Waals surface area contributed by atoms with Crippen molar-refractivity contribution >= 4 is 17.6 Å². The van der Waals surface area contributed by atoms with Crippen LogP contribution in [0.15, 0.2) is 30.3 Å². The molecule has 0 aliphatic carbocycles. The molecule has 0 amide bonds. The highest BCUT2D eigenvalue weighted by molar-refractivity contribution is 5.51. The first-order valence-corrected chi connectivity index (χ1v) is 6.91. The lowest BCUT2D eigenvalue weighted by atomic mass is 10.1. The molecule has 1 aromatic heterocycles. The lowest BCUT2D eigenvalue weighted by Crippen LogP contribution is -2.07. The van der Waals surface area contributed by atoms with Crippen LogP contribution in [0.4, 0.5) is 17.6 Å². The Balaban J connectivity index is 2.02. The predicted molar refractivity (Wildman–Crippen MR) is 83.8 cm³/mol. The average Bonchev–Trinajstić information content (AvgIpc) is 2.45. The Hall–Kier alpha value is -2.30. The van der Waals surface area contributed by atoms with Crippen molar-refractivity contribution in [3.8, 4) is 0 Å². The highest BCUT2D eigenvalue weighted by Gasteiger charge is 2.01. The first-order chi connectivity index (χ1) is 9.71. The highest BCUT2D eigenvalue weighted by Crippen LogP contribution is 2.14. The van der Waals surface area contributed by atoms with Gasteiger partial charge in [-0.15, -0.1) is 0 Å². The third-order valence-electron chi connectivity index (χ3n) is 3.01. The number of aromatic nitrogens is 2. The van der Waals surface area contributed by atoms with Crippen molar-refractivity contribution < 1.29 is 0 Å². The smallest absolute Gasteiger partial charge is 0.223 e. The van der Waals surface area contributed by atoms with E-state index in [4.69, 9.17) is 5.73 Å². The lowest BCUT2D eigenvalue weighted by Gasteiger charge is -2.09. The van der Waals surface area contributed by atoms with Crippen LogP contribution in [0.3, 0.4) is 0 Å². The zero-order valence-corrected chi connectivity index (χ0v) is 12.0. The summed E-state index contributed by atoms with van der Waals surface area (Å²) in [6, 6.07) is 10.4. The van der Waals surface area contributed by atoms with Crippen molar-refractivity contribution in [1.82, 2.24) is 9.97 Å². The largest absolute Gasteiger partial charge is 0.370 e. The van der Waals surface area contributed by atoms with Crippen LogP contribution in [0, 0.1) is 0 Å². The van der Waals surface area contributed by atoms with E-state index < -0.39 is 0 Å². The van der Waals surface area contributed by atoms with E-state index in [2.05, 4.69) is 51.8 Å². The molecule has 0 aliphatic rings. The monoisotopic (exact) mass is 271 g/mol. The lowest BCUT2D eigenvalue weighted by molar-refractivity contribution is 1.07. The Labute approximate surface area is 119 Å². The SMILES string of the molecule is CCNc1cc(NCc2ccc(CC)cc2)nc(N)n1. The van der Waals surface area contributed by atoms with Crippen molar-refractivity contribution in [2.24, 2.45) is 0 Å². The van der Waals surface area contributed by atoms with Gasteiger partial charge < -0.3 is 16.4 Å². The van der Waals surface area contributed by atoms with Gasteiger partial charge in [0, 0.05) is 19.2 Å². The molecule has 0 saturated carbocycles. The van der Waals surface area contributed by atoms with E-state index in [9.17, 15) is 0 Å². The molecule has 0 fully saturated rings. The Bertz CT molecular complexity index is 551. The molecule has 20 heavy (non-hydrogen) atoms. The molecule has 2 aromatic rings. The standard InChI is InChI=1S/C15H21N5/c1-3-11-5-7-12(8-6-11)10-18-14-9-13(17-4-2)19-15(16)20-14/h5-9H,3-4,10H2,1-2H3,(H4,16,17,18,19,20). The summed E-state index contributed by atoms with van der Waals surface area (Å²) in [5.74, 6) is 1.74. The van der Waals surface area contributed by atoms with Gasteiger partial charge in [0.25, 0.3) is 0 Å². The number of rotatable bonds is 6. The molecular weight excluding hydrogens is 250 g/mol. The summed E-state index contributed by atoms with van der Waals surface area (Å²) < 4.78 is 0. The normalized spacial score (nSPS) is 10.3. The predicted octanol–water partition coefficient (Wildman–Crippen LogP) is 2.67. The van der Waals surface area contributed by atoms with Crippen molar-refractivity contribution in [3.05, 3.63) is 41.5 Å². The Kier molecular flexibility index (Phi) is 4.76. The third kappa shape index (κ3) is 3.85. The van der Waals surface area contributed by atoms with Crippen molar-refractivity contribution in [3.63, 3.8) is 0 Å². The number of benzene rings is 1. The van der Waals surface area contributed by atoms with E-state index in [-0.39, 0.29) is 5.95 Å². The van der Waals surface area contributed by atoms with E-state index >= 15 is 0 Å². The van der Waals surface area contributed by atoms with Crippen LogP contribution < -0.4 is 16.4 Å². The first kappa shape index (κ1) is 14.1. The maximum Gasteiger partial charge on any atom is 0.223 e. The minimum absolute atomic E-state index is 0.271. The van der Waals surface area contributed by atoms with Gasteiger partial charge in [0.15, 0.2) is 0 Å². The van der Waals surface area contributed by atoms with Crippen molar-refractivity contribution in [2.45, 2.75) is 26.8 Å². The van der Waals surface area contributed by atoms with Crippen LogP contribution in [0.1, 0.15) is 25.0 Å². The number of nitrogen functional groups attached to an aromatic ring is 1. The van der Waals surface area contributed by atoms with Gasteiger partial charge in [-0.1, -0.05) is 31.2 Å². The molecule has 0 aliphatic heterocycles. The minimum Gasteiger partial charge on any atom is -0.370 e. The molecule has 5 heteroatoms. The van der Waals surface area contributed by atoms with Crippen LogP contribution in [-0.4, -0.2) is 16.5 Å². The molecule has 0 spiro atoms. The second-order valence-electron chi connectivity index (χ2n) is 4.55. The fourth-order valence-electron chi connectivity index (χ4n) is 1.91. The van der Waals surface area contributed by atoms with Crippen LogP contribution in [0.5, 0.6) is 0 Å². The highest BCUT2D eigenvalue weighted by atomic mass is 15.1. The summed E-state index contributed by atoms with van der Waals surface area (Å²) in [4.78, 5) is 8.30. The number of hydrogen-bond donors (Lipinski definition) is 3. The van der Waals surface area contributed by atoms with Gasteiger partial charge in [-0.25, -0.2) is 0 Å². The van der Waals surface area contributed by atoms with Gasteiger partial charge in [-0.2, -0.15) is 9.97 Å². The van der Waals surface area contributed by atoms with Crippen LogP contribution in [-0.2, 0) is 13.0 Å². The van der Waals surface area contributed by atoms with E-state index in [0.717, 1.165) is 24.6 Å². The number of hydrogen-bond acceptors (Lipinski definition) is 5. The molecule has 0 saturated heterocycles. The van der Waals surface area contributed by atoms with Crippen molar-refractivity contribution in [1.29, 1.82) is 0 Å². The molecule has 1 aromatic carbocycles. The topological polar surface area (TPSA) is 75.9 Å². The Morgan fingerprint density at radius 1 is 0.950 bits per heavy atom. The van der Waals surface area contributed by atoms with E-state index in [0.29, 0.717) is 6.54 Å². The van der Waals surface area contributed by atoms with Gasteiger partial charge in [0.1, 0.15) is 11.6 Å². The van der Waals surface area contributed by atoms with Crippen LogP contribution >= 0.6 is 0 Å². The van der Waals surface area contributed by atoms with E-state index in [1.165, 1.54) is 11.1 Å². The summed E-state index contributed by atoms with van der Waals surface area (Å²) in [6.07, 6.45) is 1.06. The van der Waals surface area contributed by atoms with E-state index in [1.807, 2.05) is 13.0 Å². The summed E-state index contributed by atoms with van der Waals surface area (Å²) in [6.45, 7) is 5.68. The van der Waals surface area contributed by atoms with E-state index in [1.54, 1.807) is 0 Å². The fraction of sp³-hybridized carbons (Fsp3) is 0.333. The summed E-state index contributed by atoms with van der Waals surface area (Å²) >= 11 is 0. The number of nitrogens with one attached hydrogen (secondary N) is 2. The van der Waals surface area contributed by atoms with Gasteiger partial charge in [-0.3, -0.25) is 0 Å². The second kappa shape index (κ2) is 6.75. The Morgan fingerprint density at radius 2 is 1.55 bits per heavy atom. The zero-order valence-electron chi connectivity index (χ0n) is 12.0. The second-order valence-corrected chi connectivity index (χ2v) is 4.55. The molecule has 2 rings (SSSR count). The van der Waals surface area contributed by atoms with Crippen molar-refractivity contribution in [2.75, 3.05) is 22.9 Å². The number of nitrogens with zero attached hydrogens (tertiary/aromatic N) is 2. The first-order valence-electron chi connectivity index (χ1n) is 6.91. The number of aryl methyl sites for hydroxylation is 1. The molecule has 0 bridgehead atoms. The maximum atomic E-state index is 5.69. The van der Waals surface area contributed by atoms with Gasteiger partial charge in [0.2, 0.25) is 5.95 Å². The third-order valence-corrected chi connectivity index (χ3v) is 3.01. The van der Waals surface area contributed by atoms with Gasteiger partial charge >= 0.3 is 0 Å². The van der Waals surface area contributed by atoms with Gasteiger partial charge in [-0.05, 0) is 24.5 Å². The molecule has 1 heterocycles. The average molecular weight is 271 g/mol. The molecule has 0 radical (unpaired) electrons.